The zero-order chi connectivity index (χ0) is 14.7. The minimum absolute atomic E-state index is 0.0537. The van der Waals surface area contributed by atoms with Crippen LogP contribution in [0.15, 0.2) is 36.5 Å². The molecule has 3 N–H and O–H groups in total. The van der Waals surface area contributed by atoms with E-state index in [0.29, 0.717) is 11.3 Å². The highest BCUT2D eigenvalue weighted by Gasteiger charge is 2.14. The minimum Gasteiger partial charge on any atom is -0.383 e. The number of nitro benzene ring substituents is 1. The molecule has 0 aliphatic carbocycles. The lowest BCUT2D eigenvalue weighted by Crippen LogP contribution is -2.14. The van der Waals surface area contributed by atoms with Crippen molar-refractivity contribution in [3.05, 3.63) is 57.8 Å². The molecular formula is C13H12N4O3. The Morgan fingerprint density at radius 1 is 1.40 bits per heavy atom. The standard InChI is InChI=1S/C13H12N4O3/c1-8-4-5-9(7-11(8)17(19)20)16-13(18)10-3-2-6-15-12(10)14/h2-7H,1H3,(H2,14,15)(H,16,18). The maximum atomic E-state index is 12.0. The van der Waals surface area contributed by atoms with Crippen molar-refractivity contribution in [1.29, 1.82) is 0 Å². The maximum Gasteiger partial charge on any atom is 0.274 e. The summed E-state index contributed by atoms with van der Waals surface area (Å²) in [6, 6.07) is 7.58. The van der Waals surface area contributed by atoms with Gasteiger partial charge in [-0.2, -0.15) is 0 Å². The van der Waals surface area contributed by atoms with E-state index in [0.717, 1.165) is 0 Å². The summed E-state index contributed by atoms with van der Waals surface area (Å²) in [4.78, 5) is 26.2. The fraction of sp³-hybridized carbons (Fsp3) is 0.0769. The van der Waals surface area contributed by atoms with Gasteiger partial charge >= 0.3 is 0 Å². The summed E-state index contributed by atoms with van der Waals surface area (Å²) >= 11 is 0. The molecule has 2 aromatic rings. The van der Waals surface area contributed by atoms with E-state index < -0.39 is 10.8 Å². The lowest BCUT2D eigenvalue weighted by molar-refractivity contribution is -0.385. The van der Waals surface area contributed by atoms with Crippen molar-refractivity contribution in [2.75, 3.05) is 11.1 Å². The van der Waals surface area contributed by atoms with Crippen LogP contribution >= 0.6 is 0 Å². The summed E-state index contributed by atoms with van der Waals surface area (Å²) in [6.45, 7) is 1.63. The van der Waals surface area contributed by atoms with Gasteiger partial charge in [0.1, 0.15) is 5.82 Å². The number of benzene rings is 1. The fourth-order valence-electron chi connectivity index (χ4n) is 1.69. The Bertz CT molecular complexity index is 685. The van der Waals surface area contributed by atoms with Crippen LogP contribution in [-0.4, -0.2) is 15.8 Å². The van der Waals surface area contributed by atoms with Gasteiger partial charge in [0, 0.05) is 23.5 Å². The highest BCUT2D eigenvalue weighted by molar-refractivity contribution is 6.07. The molecule has 1 heterocycles. The zero-order valence-electron chi connectivity index (χ0n) is 10.7. The van der Waals surface area contributed by atoms with Crippen LogP contribution in [0.5, 0.6) is 0 Å². The first-order valence-corrected chi connectivity index (χ1v) is 5.76. The van der Waals surface area contributed by atoms with Gasteiger partial charge in [0.15, 0.2) is 0 Å². The van der Waals surface area contributed by atoms with Crippen molar-refractivity contribution < 1.29 is 9.72 Å². The van der Waals surface area contributed by atoms with Crippen molar-refractivity contribution in [3.8, 4) is 0 Å². The smallest absolute Gasteiger partial charge is 0.274 e. The Morgan fingerprint density at radius 3 is 2.80 bits per heavy atom. The van der Waals surface area contributed by atoms with Crippen LogP contribution in [0.2, 0.25) is 0 Å². The molecule has 1 amide bonds. The topological polar surface area (TPSA) is 111 Å². The SMILES string of the molecule is Cc1ccc(NC(=O)c2cccnc2N)cc1[N+](=O)[O-]. The predicted octanol–water partition coefficient (Wildman–Crippen LogP) is 2.13. The van der Waals surface area contributed by atoms with Crippen LogP contribution < -0.4 is 11.1 Å². The molecule has 2 rings (SSSR count). The Morgan fingerprint density at radius 2 is 2.15 bits per heavy atom. The number of carbonyl (C=O) groups excluding carboxylic acids is 1. The van der Waals surface area contributed by atoms with Gasteiger partial charge in [-0.1, -0.05) is 6.07 Å². The summed E-state index contributed by atoms with van der Waals surface area (Å²) in [5.41, 5.74) is 6.61. The number of aryl methyl sites for hydroxylation is 1. The number of nitro groups is 1. The third-order valence-electron chi connectivity index (χ3n) is 2.75. The molecule has 0 spiro atoms. The molecule has 0 aliphatic rings. The van der Waals surface area contributed by atoms with Gasteiger partial charge in [-0.25, -0.2) is 4.98 Å². The number of amides is 1. The largest absolute Gasteiger partial charge is 0.383 e. The van der Waals surface area contributed by atoms with E-state index in [9.17, 15) is 14.9 Å². The van der Waals surface area contributed by atoms with Crippen LogP contribution in [0.4, 0.5) is 17.2 Å². The predicted molar refractivity (Wildman–Crippen MR) is 74.4 cm³/mol. The minimum atomic E-state index is -0.497. The lowest BCUT2D eigenvalue weighted by atomic mass is 10.1. The molecule has 0 saturated heterocycles. The average molecular weight is 272 g/mol. The molecule has 1 aromatic carbocycles. The first-order chi connectivity index (χ1) is 9.49. The third kappa shape index (κ3) is 2.72. The number of carbonyl (C=O) groups is 1. The van der Waals surface area contributed by atoms with E-state index in [4.69, 9.17) is 5.73 Å². The first kappa shape index (κ1) is 13.5. The number of nitrogens with one attached hydrogen (secondary N) is 1. The van der Waals surface area contributed by atoms with E-state index in [1.54, 1.807) is 25.1 Å². The fourth-order valence-corrected chi connectivity index (χ4v) is 1.69. The molecule has 7 nitrogen and oxygen atoms in total. The number of nitrogens with zero attached hydrogens (tertiary/aromatic N) is 2. The molecule has 102 valence electrons. The van der Waals surface area contributed by atoms with Crippen LogP contribution in [0.1, 0.15) is 15.9 Å². The number of anilines is 2. The second-order valence-corrected chi connectivity index (χ2v) is 4.15. The van der Waals surface area contributed by atoms with Gasteiger partial charge in [0.05, 0.1) is 10.5 Å². The molecule has 0 bridgehead atoms. The normalized spacial score (nSPS) is 10.1. The first-order valence-electron chi connectivity index (χ1n) is 5.76. The van der Waals surface area contributed by atoms with Gasteiger partial charge in [-0.3, -0.25) is 14.9 Å². The molecule has 7 heteroatoms. The zero-order valence-corrected chi connectivity index (χ0v) is 10.7. The Balaban J connectivity index is 2.27. The highest BCUT2D eigenvalue weighted by Crippen LogP contribution is 2.23. The van der Waals surface area contributed by atoms with E-state index in [1.165, 1.54) is 18.3 Å². The Hall–Kier alpha value is -2.96. The van der Waals surface area contributed by atoms with Crippen LogP contribution in [0, 0.1) is 17.0 Å². The number of pyridine rings is 1. The van der Waals surface area contributed by atoms with Crippen LogP contribution in [-0.2, 0) is 0 Å². The summed E-state index contributed by atoms with van der Waals surface area (Å²) in [5, 5.41) is 13.4. The van der Waals surface area contributed by atoms with E-state index >= 15 is 0 Å². The molecule has 0 aliphatic heterocycles. The second kappa shape index (κ2) is 5.35. The summed E-state index contributed by atoms with van der Waals surface area (Å²) in [5.74, 6) is -0.361. The van der Waals surface area contributed by atoms with Crippen LogP contribution in [0.3, 0.4) is 0 Å². The van der Waals surface area contributed by atoms with E-state index in [1.807, 2.05) is 0 Å². The van der Waals surface area contributed by atoms with Crippen molar-refractivity contribution in [2.45, 2.75) is 6.92 Å². The molecular weight excluding hydrogens is 260 g/mol. The third-order valence-corrected chi connectivity index (χ3v) is 2.75. The molecule has 0 radical (unpaired) electrons. The van der Waals surface area contributed by atoms with Gasteiger partial charge in [0.2, 0.25) is 0 Å². The summed E-state index contributed by atoms with van der Waals surface area (Å²) in [7, 11) is 0. The van der Waals surface area contributed by atoms with Crippen molar-refractivity contribution >= 4 is 23.1 Å². The summed E-state index contributed by atoms with van der Waals surface area (Å²) in [6.07, 6.45) is 1.48. The van der Waals surface area contributed by atoms with Crippen molar-refractivity contribution in [1.82, 2.24) is 4.98 Å². The quantitative estimate of drug-likeness (QED) is 0.656. The average Bonchev–Trinajstić information content (AvgIpc) is 2.41. The highest BCUT2D eigenvalue weighted by atomic mass is 16.6. The molecule has 1 aromatic heterocycles. The lowest BCUT2D eigenvalue weighted by Gasteiger charge is -2.07. The molecule has 20 heavy (non-hydrogen) atoms. The van der Waals surface area contributed by atoms with Gasteiger partial charge < -0.3 is 11.1 Å². The molecule has 0 fully saturated rings. The van der Waals surface area contributed by atoms with Crippen molar-refractivity contribution in [3.63, 3.8) is 0 Å². The monoisotopic (exact) mass is 272 g/mol. The number of aromatic nitrogens is 1. The summed E-state index contributed by atoms with van der Waals surface area (Å²) < 4.78 is 0. The number of nitrogen functional groups attached to an aromatic ring is 1. The van der Waals surface area contributed by atoms with Crippen LogP contribution in [0.25, 0.3) is 0 Å². The molecule has 0 atom stereocenters. The second-order valence-electron chi connectivity index (χ2n) is 4.15. The number of rotatable bonds is 3. The van der Waals surface area contributed by atoms with E-state index in [2.05, 4.69) is 10.3 Å². The van der Waals surface area contributed by atoms with Crippen molar-refractivity contribution in [2.24, 2.45) is 0 Å². The Labute approximate surface area is 114 Å². The number of hydrogen-bond donors (Lipinski definition) is 2. The molecule has 0 unspecified atom stereocenters. The van der Waals surface area contributed by atoms with E-state index in [-0.39, 0.29) is 17.1 Å². The van der Waals surface area contributed by atoms with Gasteiger partial charge in [-0.05, 0) is 25.1 Å². The van der Waals surface area contributed by atoms with Gasteiger partial charge in [-0.15, -0.1) is 0 Å². The van der Waals surface area contributed by atoms with Gasteiger partial charge in [0.25, 0.3) is 11.6 Å². The Kier molecular flexibility index (Phi) is 3.60. The molecule has 0 saturated carbocycles. The number of nitrogens with two attached hydrogens (primary N) is 1. The number of hydrogen-bond acceptors (Lipinski definition) is 5. The maximum absolute atomic E-state index is 12.0.